The molecule has 0 bridgehead atoms. The first kappa shape index (κ1) is 15.7. The third-order valence-corrected chi connectivity index (χ3v) is 5.80. The minimum absolute atomic E-state index is 0.0150. The van der Waals surface area contributed by atoms with Gasteiger partial charge in [-0.15, -0.1) is 5.10 Å². The molecular formula is C15H18N4O3S. The monoisotopic (exact) mass is 334 g/mol. The van der Waals surface area contributed by atoms with Crippen molar-refractivity contribution in [3.05, 3.63) is 41.7 Å². The van der Waals surface area contributed by atoms with E-state index in [0.29, 0.717) is 12.1 Å². The molecule has 1 amide bonds. The van der Waals surface area contributed by atoms with Crippen molar-refractivity contribution in [2.75, 3.05) is 18.6 Å². The molecule has 2 heterocycles. The van der Waals surface area contributed by atoms with Gasteiger partial charge >= 0.3 is 0 Å². The number of hydrogen-bond acceptors (Lipinski definition) is 5. The van der Waals surface area contributed by atoms with Crippen LogP contribution in [0.2, 0.25) is 0 Å². The zero-order valence-corrected chi connectivity index (χ0v) is 13.8. The third kappa shape index (κ3) is 3.12. The Morgan fingerprint density at radius 2 is 1.96 bits per heavy atom. The quantitative estimate of drug-likeness (QED) is 0.830. The summed E-state index contributed by atoms with van der Waals surface area (Å²) >= 11 is 0. The maximum absolute atomic E-state index is 12.6. The molecule has 3 rings (SSSR count). The van der Waals surface area contributed by atoms with Crippen LogP contribution in [0.25, 0.3) is 5.69 Å². The summed E-state index contributed by atoms with van der Waals surface area (Å²) in [7, 11) is -1.42. The van der Waals surface area contributed by atoms with Crippen molar-refractivity contribution >= 4 is 15.7 Å². The SMILES string of the molecule is Cc1nn(-c2ccccc2)nc1C(=O)N(C)C1CCS(=O)(=O)C1. The second-order valence-electron chi connectivity index (χ2n) is 5.73. The van der Waals surface area contributed by atoms with Gasteiger partial charge in [0.1, 0.15) is 0 Å². The number of amides is 1. The van der Waals surface area contributed by atoms with Gasteiger partial charge in [0.05, 0.1) is 22.9 Å². The van der Waals surface area contributed by atoms with E-state index in [1.165, 1.54) is 9.70 Å². The molecular weight excluding hydrogens is 316 g/mol. The molecule has 1 aromatic carbocycles. The van der Waals surface area contributed by atoms with Crippen molar-refractivity contribution < 1.29 is 13.2 Å². The van der Waals surface area contributed by atoms with Gasteiger partial charge in [0, 0.05) is 13.1 Å². The van der Waals surface area contributed by atoms with Crippen LogP contribution in [0.15, 0.2) is 30.3 Å². The largest absolute Gasteiger partial charge is 0.336 e. The molecule has 0 spiro atoms. The first-order valence-corrected chi connectivity index (χ1v) is 9.16. The van der Waals surface area contributed by atoms with Crippen molar-refractivity contribution in [3.8, 4) is 5.69 Å². The first-order valence-electron chi connectivity index (χ1n) is 7.34. The Balaban J connectivity index is 1.84. The molecule has 0 N–H and O–H groups in total. The van der Waals surface area contributed by atoms with Crippen molar-refractivity contribution in [3.63, 3.8) is 0 Å². The summed E-state index contributed by atoms with van der Waals surface area (Å²) in [6.45, 7) is 1.72. The van der Waals surface area contributed by atoms with Crippen molar-refractivity contribution in [2.24, 2.45) is 0 Å². The van der Waals surface area contributed by atoms with E-state index in [1.807, 2.05) is 30.3 Å². The highest BCUT2D eigenvalue weighted by Gasteiger charge is 2.34. The number of benzene rings is 1. The number of rotatable bonds is 3. The average molecular weight is 334 g/mol. The second-order valence-corrected chi connectivity index (χ2v) is 7.96. The van der Waals surface area contributed by atoms with E-state index in [4.69, 9.17) is 0 Å². The van der Waals surface area contributed by atoms with Gasteiger partial charge < -0.3 is 4.90 Å². The van der Waals surface area contributed by atoms with Gasteiger partial charge in [-0.1, -0.05) is 18.2 Å². The molecule has 1 unspecified atom stereocenters. The fourth-order valence-corrected chi connectivity index (χ4v) is 4.44. The van der Waals surface area contributed by atoms with Crippen LogP contribution in [0.5, 0.6) is 0 Å². The average Bonchev–Trinajstić information content (AvgIpc) is 3.09. The highest BCUT2D eigenvalue weighted by Crippen LogP contribution is 2.19. The summed E-state index contributed by atoms with van der Waals surface area (Å²) in [5.41, 5.74) is 1.54. The zero-order valence-electron chi connectivity index (χ0n) is 13.0. The molecule has 8 heteroatoms. The first-order chi connectivity index (χ1) is 10.9. The smallest absolute Gasteiger partial charge is 0.276 e. The lowest BCUT2D eigenvalue weighted by Crippen LogP contribution is -2.38. The molecule has 23 heavy (non-hydrogen) atoms. The number of para-hydroxylation sites is 1. The van der Waals surface area contributed by atoms with Gasteiger partial charge in [-0.05, 0) is 25.5 Å². The summed E-state index contributed by atoms with van der Waals surface area (Å²) in [6.07, 6.45) is 0.469. The van der Waals surface area contributed by atoms with Crippen LogP contribution in [0, 0.1) is 6.92 Å². The van der Waals surface area contributed by atoms with Gasteiger partial charge in [0.2, 0.25) is 0 Å². The molecule has 0 aliphatic carbocycles. The Kier molecular flexibility index (Phi) is 3.93. The Morgan fingerprint density at radius 1 is 1.26 bits per heavy atom. The second kappa shape index (κ2) is 5.77. The third-order valence-electron chi connectivity index (χ3n) is 4.05. The minimum atomic E-state index is -3.04. The van der Waals surface area contributed by atoms with Crippen molar-refractivity contribution in [1.29, 1.82) is 0 Å². The fourth-order valence-electron chi connectivity index (χ4n) is 2.67. The van der Waals surface area contributed by atoms with E-state index < -0.39 is 9.84 Å². The standard InChI is InChI=1S/C15H18N4O3S/c1-11-14(17-19(16-11)12-6-4-3-5-7-12)15(20)18(2)13-8-9-23(21,22)10-13/h3-7,13H,8-10H2,1-2H3. The van der Waals surface area contributed by atoms with Crippen molar-refractivity contribution in [1.82, 2.24) is 19.9 Å². The number of sulfone groups is 1. The molecule has 2 aromatic rings. The van der Waals surface area contributed by atoms with Crippen LogP contribution in [-0.2, 0) is 9.84 Å². The van der Waals surface area contributed by atoms with E-state index in [0.717, 1.165) is 5.69 Å². The molecule has 7 nitrogen and oxygen atoms in total. The maximum Gasteiger partial charge on any atom is 0.276 e. The molecule has 1 atom stereocenters. The topological polar surface area (TPSA) is 85.2 Å². The van der Waals surface area contributed by atoms with Gasteiger partial charge in [-0.3, -0.25) is 4.79 Å². The molecule has 1 aliphatic heterocycles. The molecule has 1 fully saturated rings. The Hall–Kier alpha value is -2.22. The van der Waals surface area contributed by atoms with Crippen LogP contribution >= 0.6 is 0 Å². The summed E-state index contributed by atoms with van der Waals surface area (Å²) in [6, 6.07) is 9.02. The van der Waals surface area contributed by atoms with E-state index in [1.54, 1.807) is 14.0 Å². The van der Waals surface area contributed by atoms with E-state index >= 15 is 0 Å². The summed E-state index contributed by atoms with van der Waals surface area (Å²) < 4.78 is 23.2. The van der Waals surface area contributed by atoms with Gasteiger partial charge in [-0.2, -0.15) is 9.90 Å². The Labute approximate surface area is 134 Å². The van der Waals surface area contributed by atoms with Crippen LogP contribution in [0.4, 0.5) is 0 Å². The van der Waals surface area contributed by atoms with Crippen molar-refractivity contribution in [2.45, 2.75) is 19.4 Å². The number of nitrogens with zero attached hydrogens (tertiary/aromatic N) is 4. The van der Waals surface area contributed by atoms with Gasteiger partial charge in [-0.25, -0.2) is 8.42 Å². The van der Waals surface area contributed by atoms with E-state index in [-0.39, 0.29) is 29.1 Å². The Bertz CT molecular complexity index is 830. The lowest BCUT2D eigenvalue weighted by molar-refractivity contribution is 0.0740. The predicted molar refractivity (Wildman–Crippen MR) is 85.2 cm³/mol. The summed E-state index contributed by atoms with van der Waals surface area (Å²) in [4.78, 5) is 15.5. The summed E-state index contributed by atoms with van der Waals surface area (Å²) in [5, 5.41) is 8.55. The van der Waals surface area contributed by atoms with Crippen LogP contribution < -0.4 is 0 Å². The fraction of sp³-hybridized carbons (Fsp3) is 0.400. The van der Waals surface area contributed by atoms with Crippen LogP contribution in [0.3, 0.4) is 0 Å². The normalized spacial score (nSPS) is 19.7. The maximum atomic E-state index is 12.6. The van der Waals surface area contributed by atoms with Gasteiger partial charge in [0.25, 0.3) is 5.91 Å². The number of aromatic nitrogens is 3. The predicted octanol–water partition coefficient (Wildman–Crippen LogP) is 0.835. The number of aryl methyl sites for hydroxylation is 1. The van der Waals surface area contributed by atoms with E-state index in [9.17, 15) is 13.2 Å². The Morgan fingerprint density at radius 3 is 2.57 bits per heavy atom. The molecule has 1 aromatic heterocycles. The lowest BCUT2D eigenvalue weighted by Gasteiger charge is -2.22. The number of carbonyl (C=O) groups is 1. The zero-order chi connectivity index (χ0) is 16.6. The molecule has 1 saturated heterocycles. The van der Waals surface area contributed by atoms with Crippen LogP contribution in [0.1, 0.15) is 22.6 Å². The highest BCUT2D eigenvalue weighted by molar-refractivity contribution is 7.91. The van der Waals surface area contributed by atoms with Crippen LogP contribution in [-0.4, -0.2) is 58.8 Å². The van der Waals surface area contributed by atoms with Gasteiger partial charge in [0.15, 0.2) is 15.5 Å². The molecule has 0 radical (unpaired) electrons. The van der Waals surface area contributed by atoms with E-state index in [2.05, 4.69) is 10.2 Å². The molecule has 122 valence electrons. The lowest BCUT2D eigenvalue weighted by atomic mass is 10.2. The molecule has 1 aliphatic rings. The molecule has 0 saturated carbocycles. The number of carbonyl (C=O) groups excluding carboxylic acids is 1. The number of hydrogen-bond donors (Lipinski definition) is 0. The highest BCUT2D eigenvalue weighted by atomic mass is 32.2. The summed E-state index contributed by atoms with van der Waals surface area (Å²) in [5.74, 6) is -0.154. The minimum Gasteiger partial charge on any atom is -0.336 e.